The molecule has 5 rings (SSSR count). The average molecular weight is 501 g/mol. The Labute approximate surface area is 212 Å². The molecule has 7 nitrogen and oxygen atoms in total. The number of ether oxygens (including phenoxy) is 2. The molecular weight excluding hydrogens is 475 g/mol. The molecule has 3 aromatic carbocycles. The van der Waals surface area contributed by atoms with Gasteiger partial charge in [-0.25, -0.2) is 4.39 Å². The molecule has 37 heavy (non-hydrogen) atoms. The van der Waals surface area contributed by atoms with Gasteiger partial charge in [-0.3, -0.25) is 9.59 Å². The van der Waals surface area contributed by atoms with Crippen molar-refractivity contribution in [1.29, 1.82) is 0 Å². The van der Waals surface area contributed by atoms with E-state index in [4.69, 9.17) is 9.47 Å². The highest BCUT2D eigenvalue weighted by atomic mass is 19.1. The summed E-state index contributed by atoms with van der Waals surface area (Å²) in [6, 6.07) is 16.9. The summed E-state index contributed by atoms with van der Waals surface area (Å²) in [4.78, 5) is 31.1. The number of halogens is 1. The molecule has 0 unspecified atom stereocenters. The van der Waals surface area contributed by atoms with Gasteiger partial charge in [-0.15, -0.1) is 0 Å². The minimum atomic E-state index is -0.947. The summed E-state index contributed by atoms with van der Waals surface area (Å²) in [5.41, 5.74) is 2.52. The van der Waals surface area contributed by atoms with E-state index >= 15 is 0 Å². The zero-order valence-corrected chi connectivity index (χ0v) is 20.3. The third-order valence-electron chi connectivity index (χ3n) is 6.66. The number of benzene rings is 3. The molecule has 1 saturated heterocycles. The molecule has 1 fully saturated rings. The molecule has 0 aliphatic carbocycles. The van der Waals surface area contributed by atoms with Crippen molar-refractivity contribution >= 4 is 28.4 Å². The Bertz CT molecular complexity index is 1520. The molecule has 4 aromatic rings. The van der Waals surface area contributed by atoms with Crippen molar-refractivity contribution in [3.05, 3.63) is 101 Å². The highest BCUT2D eigenvalue weighted by molar-refractivity contribution is 6.46. The number of H-pyrrole nitrogens is 1. The maximum Gasteiger partial charge on any atom is 0.295 e. The topological polar surface area (TPSA) is 91.9 Å². The van der Waals surface area contributed by atoms with Crippen molar-refractivity contribution in [2.24, 2.45) is 0 Å². The fourth-order valence-electron chi connectivity index (χ4n) is 4.77. The van der Waals surface area contributed by atoms with E-state index in [1.807, 2.05) is 24.4 Å². The molecule has 188 valence electrons. The van der Waals surface area contributed by atoms with Crippen molar-refractivity contribution in [2.75, 3.05) is 20.8 Å². The highest BCUT2D eigenvalue weighted by Crippen LogP contribution is 2.40. The third-order valence-corrected chi connectivity index (χ3v) is 6.66. The molecule has 1 aromatic heterocycles. The first kappa shape index (κ1) is 24.1. The van der Waals surface area contributed by atoms with Gasteiger partial charge in [0, 0.05) is 29.2 Å². The molecule has 0 bridgehead atoms. The van der Waals surface area contributed by atoms with E-state index in [1.165, 1.54) is 30.2 Å². The number of fused-ring (bicyclic) bond motifs is 1. The predicted molar refractivity (Wildman–Crippen MR) is 137 cm³/mol. The Kier molecular flexibility index (Phi) is 6.40. The molecule has 0 radical (unpaired) electrons. The molecule has 2 heterocycles. The summed E-state index contributed by atoms with van der Waals surface area (Å²) in [5, 5.41) is 12.1. The lowest BCUT2D eigenvalue weighted by molar-refractivity contribution is -0.139. The van der Waals surface area contributed by atoms with Gasteiger partial charge in [-0.1, -0.05) is 12.1 Å². The second-order valence-electron chi connectivity index (χ2n) is 8.75. The second kappa shape index (κ2) is 9.81. The normalized spacial score (nSPS) is 16.9. The first-order valence-electron chi connectivity index (χ1n) is 11.7. The van der Waals surface area contributed by atoms with Crippen LogP contribution in [0.1, 0.15) is 22.7 Å². The smallest absolute Gasteiger partial charge is 0.295 e. The highest BCUT2D eigenvalue weighted by Gasteiger charge is 2.46. The number of aromatic nitrogens is 1. The van der Waals surface area contributed by atoms with E-state index in [0.29, 0.717) is 29.0 Å². The van der Waals surface area contributed by atoms with Crippen LogP contribution in [0.4, 0.5) is 4.39 Å². The van der Waals surface area contributed by atoms with Crippen molar-refractivity contribution in [3.63, 3.8) is 0 Å². The Morgan fingerprint density at radius 3 is 2.43 bits per heavy atom. The summed E-state index contributed by atoms with van der Waals surface area (Å²) >= 11 is 0. The fraction of sp³-hybridized carbons (Fsp3) is 0.172. The number of likely N-dealkylation sites (tertiary alicyclic amines) is 1. The number of amides is 1. The SMILES string of the molecule is COc1ccc(C(O)=C2C(=O)C(=O)N(CCc3c[nH]c4ccc(OC)cc34)[C@H]2c2cccc(F)c2)cc1. The number of aliphatic hydroxyl groups excluding tert-OH is 1. The summed E-state index contributed by atoms with van der Waals surface area (Å²) in [7, 11) is 3.11. The molecule has 0 saturated carbocycles. The van der Waals surface area contributed by atoms with E-state index in [2.05, 4.69) is 4.98 Å². The van der Waals surface area contributed by atoms with E-state index in [1.54, 1.807) is 37.4 Å². The monoisotopic (exact) mass is 500 g/mol. The predicted octanol–water partition coefficient (Wildman–Crippen LogP) is 4.99. The first-order valence-corrected chi connectivity index (χ1v) is 11.7. The number of methoxy groups -OCH3 is 2. The average Bonchev–Trinajstić information content (AvgIpc) is 3.44. The van der Waals surface area contributed by atoms with E-state index in [9.17, 15) is 19.1 Å². The largest absolute Gasteiger partial charge is 0.507 e. The zero-order valence-electron chi connectivity index (χ0n) is 20.3. The van der Waals surface area contributed by atoms with Gasteiger partial charge in [-0.2, -0.15) is 0 Å². The molecule has 0 spiro atoms. The molecule has 1 aliphatic heterocycles. The summed E-state index contributed by atoms with van der Waals surface area (Å²) < 4.78 is 24.7. The number of nitrogens with one attached hydrogen (secondary N) is 1. The zero-order chi connectivity index (χ0) is 26.1. The second-order valence-corrected chi connectivity index (χ2v) is 8.75. The van der Waals surface area contributed by atoms with Crippen LogP contribution >= 0.6 is 0 Å². The molecule has 1 aliphatic rings. The number of carbonyl (C=O) groups excluding carboxylic acids is 2. The van der Waals surface area contributed by atoms with Crippen LogP contribution in [0, 0.1) is 5.82 Å². The number of aliphatic hydroxyl groups is 1. The van der Waals surface area contributed by atoms with Crippen LogP contribution in [-0.4, -0.2) is 47.4 Å². The minimum Gasteiger partial charge on any atom is -0.507 e. The molecule has 1 atom stereocenters. The molecule has 8 heteroatoms. The molecule has 2 N–H and O–H groups in total. The lowest BCUT2D eigenvalue weighted by Gasteiger charge is -2.25. The number of rotatable bonds is 7. The van der Waals surface area contributed by atoms with Crippen LogP contribution in [0.2, 0.25) is 0 Å². The summed E-state index contributed by atoms with van der Waals surface area (Å²) in [6.07, 6.45) is 2.28. The van der Waals surface area contributed by atoms with Crippen molar-refractivity contribution in [2.45, 2.75) is 12.5 Å². The number of hydrogen-bond donors (Lipinski definition) is 2. The summed E-state index contributed by atoms with van der Waals surface area (Å²) in [6.45, 7) is 0.176. The standard InChI is InChI=1S/C29H25FN2O5/c1-36-21-8-6-17(7-9-21)27(33)25-26(18-4-3-5-20(30)14-18)32(29(35)28(25)34)13-12-19-16-31-24-11-10-22(37-2)15-23(19)24/h3-11,14-16,26,31,33H,12-13H2,1-2H3/t26-/m0/s1. The van der Waals surface area contributed by atoms with Gasteiger partial charge in [-0.05, 0) is 72.1 Å². The molecular formula is C29H25FN2O5. The minimum absolute atomic E-state index is 0.0821. The Morgan fingerprint density at radius 2 is 1.73 bits per heavy atom. The number of Topliss-reactive ketones (excluding diaryl/α,β-unsaturated/α-hetero) is 1. The lowest BCUT2D eigenvalue weighted by Crippen LogP contribution is -2.31. The van der Waals surface area contributed by atoms with E-state index in [-0.39, 0.29) is 17.9 Å². The number of hydrogen-bond acceptors (Lipinski definition) is 5. The van der Waals surface area contributed by atoms with Gasteiger partial charge in [0.25, 0.3) is 11.7 Å². The van der Waals surface area contributed by atoms with Crippen LogP contribution in [0.3, 0.4) is 0 Å². The fourth-order valence-corrected chi connectivity index (χ4v) is 4.77. The van der Waals surface area contributed by atoms with Gasteiger partial charge in [0.15, 0.2) is 0 Å². The Morgan fingerprint density at radius 1 is 1.00 bits per heavy atom. The van der Waals surface area contributed by atoms with Crippen LogP contribution in [0.25, 0.3) is 16.7 Å². The van der Waals surface area contributed by atoms with Crippen LogP contribution < -0.4 is 9.47 Å². The molecule has 1 amide bonds. The quantitative estimate of drug-likeness (QED) is 0.212. The number of ketones is 1. The summed E-state index contributed by atoms with van der Waals surface area (Å²) in [5.74, 6) is -1.11. The maximum absolute atomic E-state index is 14.2. The van der Waals surface area contributed by atoms with Gasteiger partial charge in [0.1, 0.15) is 23.1 Å². The number of carbonyl (C=O) groups is 2. The van der Waals surface area contributed by atoms with E-state index < -0.39 is 23.5 Å². The van der Waals surface area contributed by atoms with E-state index in [0.717, 1.165) is 16.5 Å². The van der Waals surface area contributed by atoms with Crippen LogP contribution in [0.5, 0.6) is 11.5 Å². The Hall–Kier alpha value is -4.59. The van der Waals surface area contributed by atoms with Crippen LogP contribution in [0.15, 0.2) is 78.5 Å². The lowest BCUT2D eigenvalue weighted by atomic mass is 9.95. The van der Waals surface area contributed by atoms with Crippen molar-refractivity contribution < 1.29 is 28.6 Å². The van der Waals surface area contributed by atoms with Crippen molar-refractivity contribution in [3.8, 4) is 11.5 Å². The van der Waals surface area contributed by atoms with Gasteiger partial charge < -0.3 is 24.5 Å². The van der Waals surface area contributed by atoms with Gasteiger partial charge >= 0.3 is 0 Å². The number of nitrogens with zero attached hydrogens (tertiary/aromatic N) is 1. The third kappa shape index (κ3) is 4.42. The van der Waals surface area contributed by atoms with Gasteiger partial charge in [0.05, 0.1) is 25.8 Å². The Balaban J connectivity index is 1.55. The van der Waals surface area contributed by atoms with Crippen LogP contribution in [-0.2, 0) is 16.0 Å². The maximum atomic E-state index is 14.2. The first-order chi connectivity index (χ1) is 17.9. The number of aromatic amines is 1. The van der Waals surface area contributed by atoms with Gasteiger partial charge in [0.2, 0.25) is 0 Å². The van der Waals surface area contributed by atoms with Crippen molar-refractivity contribution in [1.82, 2.24) is 9.88 Å².